The molecule has 1 aliphatic rings. The Morgan fingerprint density at radius 2 is 2.16 bits per heavy atom. The molecular weight excluding hydrogens is 318 g/mol. The van der Waals surface area contributed by atoms with E-state index in [2.05, 4.69) is 5.10 Å². The van der Waals surface area contributed by atoms with Crippen molar-refractivity contribution in [3.05, 3.63) is 54.0 Å². The summed E-state index contributed by atoms with van der Waals surface area (Å²) in [5, 5.41) is 4.95. The SMILES string of the molecule is Cn1cc(C(=O)C[C@@H]2CCCN2C(=O)c2cc3ccccc3o2)cn1. The highest BCUT2D eigenvalue weighted by molar-refractivity contribution is 5.98. The van der Waals surface area contributed by atoms with Crippen molar-refractivity contribution in [1.82, 2.24) is 14.7 Å². The van der Waals surface area contributed by atoms with Crippen LogP contribution in [0.1, 0.15) is 40.2 Å². The van der Waals surface area contributed by atoms with Crippen molar-refractivity contribution < 1.29 is 14.0 Å². The molecule has 0 unspecified atom stereocenters. The third-order valence-corrected chi connectivity index (χ3v) is 4.72. The minimum Gasteiger partial charge on any atom is -0.451 e. The number of Topliss-reactive ketones (excluding diaryl/α,β-unsaturated/α-hetero) is 1. The summed E-state index contributed by atoms with van der Waals surface area (Å²) >= 11 is 0. The fraction of sp³-hybridized carbons (Fsp3) is 0.316. The average Bonchev–Trinajstić information content (AvgIpc) is 3.32. The normalized spacial score (nSPS) is 17.3. The number of nitrogens with zero attached hydrogens (tertiary/aromatic N) is 3. The van der Waals surface area contributed by atoms with E-state index in [4.69, 9.17) is 4.42 Å². The van der Waals surface area contributed by atoms with Crippen molar-refractivity contribution in [2.24, 2.45) is 7.05 Å². The number of likely N-dealkylation sites (tertiary alicyclic amines) is 1. The third kappa shape index (κ3) is 2.95. The van der Waals surface area contributed by atoms with Crippen LogP contribution in [0.15, 0.2) is 47.1 Å². The zero-order chi connectivity index (χ0) is 17.4. The van der Waals surface area contributed by atoms with Crippen molar-refractivity contribution in [2.45, 2.75) is 25.3 Å². The first-order chi connectivity index (χ1) is 12.1. The highest BCUT2D eigenvalue weighted by Crippen LogP contribution is 2.26. The number of hydrogen-bond donors (Lipinski definition) is 0. The summed E-state index contributed by atoms with van der Waals surface area (Å²) in [6, 6.07) is 9.25. The van der Waals surface area contributed by atoms with Crippen LogP contribution in [-0.2, 0) is 7.05 Å². The van der Waals surface area contributed by atoms with Crippen molar-refractivity contribution in [3.8, 4) is 0 Å². The predicted octanol–water partition coefficient (Wildman–Crippen LogP) is 3.04. The molecule has 1 aliphatic heterocycles. The van der Waals surface area contributed by atoms with Crippen LogP contribution in [0.5, 0.6) is 0 Å². The van der Waals surface area contributed by atoms with Gasteiger partial charge in [-0.25, -0.2) is 0 Å². The fourth-order valence-corrected chi connectivity index (χ4v) is 3.44. The van der Waals surface area contributed by atoms with Crippen molar-refractivity contribution >= 4 is 22.7 Å². The first kappa shape index (κ1) is 15.6. The summed E-state index contributed by atoms with van der Waals surface area (Å²) in [4.78, 5) is 27.1. The third-order valence-electron chi connectivity index (χ3n) is 4.72. The van der Waals surface area contributed by atoms with E-state index in [0.717, 1.165) is 18.2 Å². The molecule has 25 heavy (non-hydrogen) atoms. The summed E-state index contributed by atoms with van der Waals surface area (Å²) in [7, 11) is 1.78. The molecule has 6 heteroatoms. The molecule has 0 saturated carbocycles. The number of furan rings is 1. The van der Waals surface area contributed by atoms with Crippen LogP contribution in [0.25, 0.3) is 11.0 Å². The van der Waals surface area contributed by atoms with Gasteiger partial charge in [0.05, 0.1) is 11.8 Å². The summed E-state index contributed by atoms with van der Waals surface area (Å²) in [6.45, 7) is 0.654. The Morgan fingerprint density at radius 3 is 2.92 bits per heavy atom. The molecule has 3 aromatic rings. The fourth-order valence-electron chi connectivity index (χ4n) is 3.44. The molecule has 1 aromatic carbocycles. The molecule has 0 aliphatic carbocycles. The van der Waals surface area contributed by atoms with Crippen LogP contribution < -0.4 is 0 Å². The smallest absolute Gasteiger partial charge is 0.289 e. The molecule has 0 spiro atoms. The Kier molecular flexibility index (Phi) is 3.87. The van der Waals surface area contributed by atoms with Crippen LogP contribution in [0.4, 0.5) is 0 Å². The molecule has 0 N–H and O–H groups in total. The maximum atomic E-state index is 12.9. The molecule has 2 aromatic heterocycles. The topological polar surface area (TPSA) is 68.3 Å². The predicted molar refractivity (Wildman–Crippen MR) is 92.4 cm³/mol. The lowest BCUT2D eigenvalue weighted by atomic mass is 10.0. The summed E-state index contributed by atoms with van der Waals surface area (Å²) in [6.07, 6.45) is 5.33. The highest BCUT2D eigenvalue weighted by atomic mass is 16.3. The second kappa shape index (κ2) is 6.20. The number of amides is 1. The standard InChI is InChI=1S/C19H19N3O3/c1-21-12-14(11-20-21)16(23)10-15-6-4-8-22(15)19(24)18-9-13-5-2-3-7-17(13)25-18/h2-3,5,7,9,11-12,15H,4,6,8,10H2,1H3/t15-/m0/s1. The number of para-hydroxylation sites is 1. The van der Waals surface area contributed by atoms with E-state index in [1.54, 1.807) is 35.1 Å². The number of carbonyl (C=O) groups is 2. The molecule has 0 bridgehead atoms. The summed E-state index contributed by atoms with van der Waals surface area (Å²) in [5.41, 5.74) is 1.29. The molecule has 1 fully saturated rings. The molecule has 128 valence electrons. The van der Waals surface area contributed by atoms with Gasteiger partial charge < -0.3 is 9.32 Å². The first-order valence-corrected chi connectivity index (χ1v) is 8.43. The number of aromatic nitrogens is 2. The van der Waals surface area contributed by atoms with Gasteiger partial charge in [0, 0.05) is 37.6 Å². The Bertz CT molecular complexity index is 907. The van der Waals surface area contributed by atoms with Gasteiger partial charge in [0.15, 0.2) is 11.5 Å². The van der Waals surface area contributed by atoms with Crippen LogP contribution in [0, 0.1) is 0 Å². The van der Waals surface area contributed by atoms with Gasteiger partial charge in [-0.3, -0.25) is 14.3 Å². The van der Waals surface area contributed by atoms with Gasteiger partial charge in [-0.05, 0) is 25.0 Å². The van der Waals surface area contributed by atoms with Gasteiger partial charge in [0.2, 0.25) is 0 Å². The largest absolute Gasteiger partial charge is 0.451 e. The molecule has 1 amide bonds. The zero-order valence-electron chi connectivity index (χ0n) is 14.0. The Hall–Kier alpha value is -2.89. The first-order valence-electron chi connectivity index (χ1n) is 8.43. The van der Waals surface area contributed by atoms with E-state index >= 15 is 0 Å². The molecule has 3 heterocycles. The Labute approximate surface area is 145 Å². The maximum Gasteiger partial charge on any atom is 0.289 e. The van der Waals surface area contributed by atoms with Gasteiger partial charge in [-0.1, -0.05) is 18.2 Å². The lowest BCUT2D eigenvalue weighted by molar-refractivity contribution is 0.0689. The Morgan fingerprint density at radius 1 is 1.32 bits per heavy atom. The maximum absolute atomic E-state index is 12.9. The molecule has 4 rings (SSSR count). The number of rotatable bonds is 4. The molecular formula is C19H19N3O3. The van der Waals surface area contributed by atoms with Gasteiger partial charge in [0.25, 0.3) is 5.91 Å². The second-order valence-corrected chi connectivity index (χ2v) is 6.47. The van der Waals surface area contributed by atoms with Crippen molar-refractivity contribution in [3.63, 3.8) is 0 Å². The molecule has 0 radical (unpaired) electrons. The van der Waals surface area contributed by atoms with Gasteiger partial charge in [-0.2, -0.15) is 5.10 Å². The summed E-state index contributed by atoms with van der Waals surface area (Å²) < 4.78 is 7.30. The van der Waals surface area contributed by atoms with Crippen LogP contribution >= 0.6 is 0 Å². The van der Waals surface area contributed by atoms with Crippen LogP contribution in [-0.4, -0.2) is 39.0 Å². The van der Waals surface area contributed by atoms with Gasteiger partial charge in [-0.15, -0.1) is 0 Å². The molecule has 6 nitrogen and oxygen atoms in total. The van der Waals surface area contributed by atoms with Crippen LogP contribution in [0.2, 0.25) is 0 Å². The van der Waals surface area contributed by atoms with Crippen LogP contribution in [0.3, 0.4) is 0 Å². The van der Waals surface area contributed by atoms with Gasteiger partial charge >= 0.3 is 0 Å². The highest BCUT2D eigenvalue weighted by Gasteiger charge is 2.32. The second-order valence-electron chi connectivity index (χ2n) is 6.47. The van der Waals surface area contributed by atoms with E-state index in [-0.39, 0.29) is 17.7 Å². The number of ketones is 1. The molecule has 1 atom stereocenters. The number of hydrogen-bond acceptors (Lipinski definition) is 4. The van der Waals surface area contributed by atoms with E-state index < -0.39 is 0 Å². The number of benzene rings is 1. The minimum atomic E-state index is -0.141. The lowest BCUT2D eigenvalue weighted by Gasteiger charge is -2.23. The number of carbonyl (C=O) groups excluding carboxylic acids is 2. The number of aryl methyl sites for hydroxylation is 1. The lowest BCUT2D eigenvalue weighted by Crippen LogP contribution is -2.36. The quantitative estimate of drug-likeness (QED) is 0.686. The van der Waals surface area contributed by atoms with E-state index in [1.165, 1.54) is 0 Å². The van der Waals surface area contributed by atoms with Crippen molar-refractivity contribution in [1.29, 1.82) is 0 Å². The van der Waals surface area contributed by atoms with Crippen molar-refractivity contribution in [2.75, 3.05) is 6.54 Å². The van der Waals surface area contributed by atoms with E-state index in [0.29, 0.717) is 29.9 Å². The van der Waals surface area contributed by atoms with E-state index in [1.807, 2.05) is 24.3 Å². The molecule has 1 saturated heterocycles. The summed E-state index contributed by atoms with van der Waals surface area (Å²) in [5.74, 6) is 0.210. The average molecular weight is 337 g/mol. The van der Waals surface area contributed by atoms with E-state index in [9.17, 15) is 9.59 Å². The monoisotopic (exact) mass is 337 g/mol. The van der Waals surface area contributed by atoms with Gasteiger partial charge in [0.1, 0.15) is 5.58 Å². The zero-order valence-corrected chi connectivity index (χ0v) is 14.0. The Balaban J connectivity index is 1.52. The number of fused-ring (bicyclic) bond motifs is 1. The minimum absolute atomic E-state index is 0.0161.